The maximum Gasteiger partial charge on any atom is 0.120 e. The maximum absolute atomic E-state index is 9.99. The average molecular weight is 271 g/mol. The smallest absolute Gasteiger partial charge is 0.120 e. The zero-order valence-corrected chi connectivity index (χ0v) is 12.1. The van der Waals surface area contributed by atoms with E-state index >= 15 is 0 Å². The Hall–Kier alpha value is -2.00. The highest BCUT2D eigenvalue weighted by atomic mass is 16.5. The minimum Gasteiger partial charge on any atom is -0.508 e. The van der Waals surface area contributed by atoms with Gasteiger partial charge in [0.15, 0.2) is 0 Å². The van der Waals surface area contributed by atoms with Gasteiger partial charge in [-0.25, -0.2) is 0 Å². The van der Waals surface area contributed by atoms with E-state index in [1.165, 1.54) is 5.56 Å². The van der Waals surface area contributed by atoms with E-state index in [1.54, 1.807) is 19.2 Å². The molecule has 2 aromatic carbocycles. The first-order valence-corrected chi connectivity index (χ1v) is 6.79. The molecular weight excluding hydrogens is 250 g/mol. The van der Waals surface area contributed by atoms with E-state index in [9.17, 15) is 5.11 Å². The number of phenols is 1. The lowest BCUT2D eigenvalue weighted by atomic mass is 10.0. The molecule has 0 aliphatic heterocycles. The molecule has 0 bridgehead atoms. The van der Waals surface area contributed by atoms with Crippen molar-refractivity contribution in [3.8, 4) is 11.5 Å². The zero-order valence-electron chi connectivity index (χ0n) is 12.1. The predicted molar refractivity (Wildman–Crippen MR) is 81.1 cm³/mol. The lowest BCUT2D eigenvalue weighted by molar-refractivity contribution is 0.405. The Labute approximate surface area is 120 Å². The zero-order chi connectivity index (χ0) is 14.5. The van der Waals surface area contributed by atoms with Crippen LogP contribution in [0.4, 0.5) is 0 Å². The lowest BCUT2D eigenvalue weighted by Gasteiger charge is -2.22. The average Bonchev–Trinajstić information content (AvgIpc) is 2.48. The van der Waals surface area contributed by atoms with Gasteiger partial charge in [0.05, 0.1) is 7.11 Å². The Morgan fingerprint density at radius 2 is 1.70 bits per heavy atom. The molecule has 106 valence electrons. The second-order valence-electron chi connectivity index (χ2n) is 4.95. The summed E-state index contributed by atoms with van der Waals surface area (Å²) in [4.78, 5) is 0. The third-order valence-electron chi connectivity index (χ3n) is 3.50. The number of rotatable bonds is 5. The molecule has 0 aliphatic rings. The van der Waals surface area contributed by atoms with E-state index in [2.05, 4.69) is 24.4 Å². The number of benzene rings is 2. The van der Waals surface area contributed by atoms with Gasteiger partial charge in [-0.15, -0.1) is 0 Å². The number of phenolic OH excluding ortho intramolecular Hbond substituents is 1. The van der Waals surface area contributed by atoms with Crippen molar-refractivity contribution < 1.29 is 9.84 Å². The van der Waals surface area contributed by atoms with Gasteiger partial charge in [0.25, 0.3) is 0 Å². The highest BCUT2D eigenvalue weighted by Crippen LogP contribution is 2.29. The highest BCUT2D eigenvalue weighted by molar-refractivity contribution is 5.41. The van der Waals surface area contributed by atoms with Crippen LogP contribution in [-0.2, 0) is 0 Å². The van der Waals surface area contributed by atoms with Crippen LogP contribution < -0.4 is 10.1 Å². The number of nitrogens with one attached hydrogen (secondary N) is 1. The molecule has 3 nitrogen and oxygen atoms in total. The van der Waals surface area contributed by atoms with E-state index in [-0.39, 0.29) is 17.8 Å². The summed E-state index contributed by atoms with van der Waals surface area (Å²) in [6.45, 7) is 4.15. The van der Waals surface area contributed by atoms with Crippen LogP contribution in [0.2, 0.25) is 0 Å². The quantitative estimate of drug-likeness (QED) is 0.868. The van der Waals surface area contributed by atoms with Crippen LogP contribution in [0.3, 0.4) is 0 Å². The summed E-state index contributed by atoms with van der Waals surface area (Å²) in [7, 11) is 1.63. The Morgan fingerprint density at radius 3 is 2.35 bits per heavy atom. The summed E-state index contributed by atoms with van der Waals surface area (Å²) in [5, 5.41) is 13.5. The summed E-state index contributed by atoms with van der Waals surface area (Å²) in [6, 6.07) is 15.8. The fraction of sp³-hybridized carbons (Fsp3) is 0.294. The van der Waals surface area contributed by atoms with Crippen LogP contribution in [0.1, 0.15) is 37.1 Å². The molecule has 0 spiro atoms. The second kappa shape index (κ2) is 6.44. The summed E-state index contributed by atoms with van der Waals surface area (Å²) < 4.78 is 5.21. The fourth-order valence-corrected chi connectivity index (χ4v) is 2.31. The summed E-state index contributed by atoms with van der Waals surface area (Å²) >= 11 is 0. The van der Waals surface area contributed by atoms with Gasteiger partial charge in [0.2, 0.25) is 0 Å². The van der Waals surface area contributed by atoms with E-state index < -0.39 is 0 Å². The third kappa shape index (κ3) is 3.31. The Balaban J connectivity index is 2.14. The van der Waals surface area contributed by atoms with Crippen molar-refractivity contribution in [3.05, 3.63) is 59.7 Å². The minimum absolute atomic E-state index is 0.0281. The van der Waals surface area contributed by atoms with Crippen LogP contribution in [0.25, 0.3) is 0 Å². The first-order valence-electron chi connectivity index (χ1n) is 6.79. The predicted octanol–water partition coefficient (Wildman–Crippen LogP) is 3.81. The lowest BCUT2D eigenvalue weighted by Crippen LogP contribution is -2.22. The molecule has 0 saturated carbocycles. The molecule has 0 aromatic heterocycles. The number of methoxy groups -OCH3 is 1. The first-order chi connectivity index (χ1) is 9.61. The van der Waals surface area contributed by atoms with E-state index in [0.29, 0.717) is 0 Å². The summed E-state index contributed by atoms with van der Waals surface area (Å²) in [5.74, 6) is 1.03. The monoisotopic (exact) mass is 271 g/mol. The van der Waals surface area contributed by atoms with Gasteiger partial charge in [-0.1, -0.05) is 30.3 Å². The SMILES string of the molecule is COc1ccc(O)c(C(C)N[C@H](C)c2ccccc2)c1. The first kappa shape index (κ1) is 14.4. The number of ether oxygens (including phenoxy) is 1. The Bertz CT molecular complexity index is 554. The van der Waals surface area contributed by atoms with Crippen molar-refractivity contribution in [2.45, 2.75) is 25.9 Å². The second-order valence-corrected chi connectivity index (χ2v) is 4.95. The maximum atomic E-state index is 9.99. The number of aromatic hydroxyl groups is 1. The van der Waals surface area contributed by atoms with Gasteiger partial charge in [0, 0.05) is 17.6 Å². The van der Waals surface area contributed by atoms with Crippen molar-refractivity contribution in [3.63, 3.8) is 0 Å². The van der Waals surface area contributed by atoms with Gasteiger partial charge in [-0.05, 0) is 37.6 Å². The molecule has 2 N–H and O–H groups in total. The molecule has 0 aliphatic carbocycles. The molecule has 2 aromatic rings. The van der Waals surface area contributed by atoms with E-state index in [4.69, 9.17) is 4.74 Å². The molecule has 2 rings (SSSR count). The molecule has 1 unspecified atom stereocenters. The van der Waals surface area contributed by atoms with Gasteiger partial charge in [0.1, 0.15) is 11.5 Å². The summed E-state index contributed by atoms with van der Waals surface area (Å²) in [5.41, 5.74) is 2.06. The van der Waals surface area contributed by atoms with Crippen LogP contribution in [0.5, 0.6) is 11.5 Å². The standard InChI is InChI=1S/C17H21NO2/c1-12(14-7-5-4-6-8-14)18-13(2)16-11-15(20-3)9-10-17(16)19/h4-13,18-19H,1-3H3/t12-,13?/m1/s1. The third-order valence-corrected chi connectivity index (χ3v) is 3.50. The van der Waals surface area contributed by atoms with Crippen molar-refractivity contribution in [1.82, 2.24) is 5.32 Å². The fourth-order valence-electron chi connectivity index (χ4n) is 2.31. The van der Waals surface area contributed by atoms with Crippen molar-refractivity contribution >= 4 is 0 Å². The van der Waals surface area contributed by atoms with Crippen molar-refractivity contribution in [2.24, 2.45) is 0 Å². The molecular formula is C17H21NO2. The van der Waals surface area contributed by atoms with E-state index in [0.717, 1.165) is 11.3 Å². The highest BCUT2D eigenvalue weighted by Gasteiger charge is 2.14. The Morgan fingerprint density at radius 1 is 1.00 bits per heavy atom. The molecule has 3 heteroatoms. The minimum atomic E-state index is 0.0281. The molecule has 20 heavy (non-hydrogen) atoms. The summed E-state index contributed by atoms with van der Waals surface area (Å²) in [6.07, 6.45) is 0. The van der Waals surface area contributed by atoms with Gasteiger partial charge in [-0.2, -0.15) is 0 Å². The van der Waals surface area contributed by atoms with Crippen LogP contribution in [0, 0.1) is 0 Å². The molecule has 0 amide bonds. The molecule has 0 fully saturated rings. The normalized spacial score (nSPS) is 13.8. The number of hydrogen-bond acceptors (Lipinski definition) is 3. The molecule has 2 atom stereocenters. The van der Waals surface area contributed by atoms with Gasteiger partial charge >= 0.3 is 0 Å². The molecule has 0 heterocycles. The number of hydrogen-bond donors (Lipinski definition) is 2. The molecule has 0 radical (unpaired) electrons. The van der Waals surface area contributed by atoms with E-state index in [1.807, 2.05) is 31.2 Å². The van der Waals surface area contributed by atoms with Crippen LogP contribution in [-0.4, -0.2) is 12.2 Å². The van der Waals surface area contributed by atoms with Gasteiger partial charge < -0.3 is 15.2 Å². The van der Waals surface area contributed by atoms with Crippen molar-refractivity contribution in [2.75, 3.05) is 7.11 Å². The topological polar surface area (TPSA) is 41.5 Å². The Kier molecular flexibility index (Phi) is 4.64. The molecule has 0 saturated heterocycles. The van der Waals surface area contributed by atoms with Gasteiger partial charge in [-0.3, -0.25) is 0 Å². The van der Waals surface area contributed by atoms with Crippen LogP contribution >= 0.6 is 0 Å². The van der Waals surface area contributed by atoms with Crippen LogP contribution in [0.15, 0.2) is 48.5 Å². The van der Waals surface area contributed by atoms with Crippen molar-refractivity contribution in [1.29, 1.82) is 0 Å². The largest absolute Gasteiger partial charge is 0.508 e.